The van der Waals surface area contributed by atoms with E-state index in [9.17, 15) is 4.79 Å². The van der Waals surface area contributed by atoms with Gasteiger partial charge in [0.15, 0.2) is 11.5 Å². The monoisotopic (exact) mass is 346 g/mol. The molecule has 0 aliphatic carbocycles. The van der Waals surface area contributed by atoms with Crippen molar-refractivity contribution < 1.29 is 14.3 Å². The number of fused-ring (bicyclic) bond motifs is 1. The predicted octanol–water partition coefficient (Wildman–Crippen LogP) is 2.22. The fourth-order valence-corrected chi connectivity index (χ4v) is 2.79. The maximum atomic E-state index is 11.6. The van der Waals surface area contributed by atoms with Gasteiger partial charge in [0, 0.05) is 30.0 Å². The van der Waals surface area contributed by atoms with Crippen LogP contribution in [0.4, 0.5) is 0 Å². The summed E-state index contributed by atoms with van der Waals surface area (Å²) >= 11 is 1.65. The average molecular weight is 347 g/mol. The first-order chi connectivity index (χ1) is 10.3. The van der Waals surface area contributed by atoms with Crippen LogP contribution >= 0.6 is 24.2 Å². The highest BCUT2D eigenvalue weighted by atomic mass is 35.5. The van der Waals surface area contributed by atoms with Gasteiger partial charge in [0.05, 0.1) is 13.2 Å². The lowest BCUT2D eigenvalue weighted by Crippen LogP contribution is -2.26. The Kier molecular flexibility index (Phi) is 9.11. The molecular formula is C15H23ClN2O3S. The quantitative estimate of drug-likeness (QED) is 0.585. The lowest BCUT2D eigenvalue weighted by Gasteiger charge is -2.09. The number of carbonyl (C=O) groups excluding carboxylic acids is 1. The second-order valence-electron chi connectivity index (χ2n) is 4.75. The first-order valence-corrected chi connectivity index (χ1v) is 8.27. The summed E-state index contributed by atoms with van der Waals surface area (Å²) in [6, 6.07) is 5.92. The van der Waals surface area contributed by atoms with E-state index in [1.54, 1.807) is 11.8 Å². The number of hydrogen-bond acceptors (Lipinski definition) is 5. The molecule has 0 atom stereocenters. The third-order valence-corrected chi connectivity index (χ3v) is 4.02. The number of hydrogen-bond donors (Lipinski definition) is 2. The van der Waals surface area contributed by atoms with Gasteiger partial charge in [-0.25, -0.2) is 0 Å². The number of nitrogens with one attached hydrogen (secondary N) is 1. The summed E-state index contributed by atoms with van der Waals surface area (Å²) in [5.41, 5.74) is 5.38. The summed E-state index contributed by atoms with van der Waals surface area (Å²) < 4.78 is 11.2. The number of benzene rings is 1. The van der Waals surface area contributed by atoms with E-state index in [4.69, 9.17) is 15.2 Å². The highest BCUT2D eigenvalue weighted by Gasteiger charge is 2.11. The van der Waals surface area contributed by atoms with Gasteiger partial charge in [-0.1, -0.05) is 0 Å². The van der Waals surface area contributed by atoms with E-state index < -0.39 is 0 Å². The summed E-state index contributed by atoms with van der Waals surface area (Å²) in [4.78, 5) is 12.7. The SMILES string of the molecule is Cl.NCCCNC(=O)CCSc1ccc2c(c1)OCCCO2. The van der Waals surface area contributed by atoms with Gasteiger partial charge >= 0.3 is 0 Å². The highest BCUT2D eigenvalue weighted by molar-refractivity contribution is 7.99. The number of carbonyl (C=O) groups is 1. The van der Waals surface area contributed by atoms with E-state index in [0.29, 0.717) is 32.7 Å². The molecule has 1 aromatic rings. The van der Waals surface area contributed by atoms with Crippen LogP contribution in [-0.2, 0) is 4.79 Å². The average Bonchev–Trinajstić information content (AvgIpc) is 2.72. The Bertz CT molecular complexity index is 474. The van der Waals surface area contributed by atoms with Gasteiger partial charge in [-0.15, -0.1) is 24.2 Å². The third kappa shape index (κ3) is 6.34. The fraction of sp³-hybridized carbons (Fsp3) is 0.533. The van der Waals surface area contributed by atoms with Crippen molar-refractivity contribution in [3.8, 4) is 11.5 Å². The smallest absolute Gasteiger partial charge is 0.220 e. The van der Waals surface area contributed by atoms with Gasteiger partial charge in [-0.3, -0.25) is 4.79 Å². The van der Waals surface area contributed by atoms with Crippen LogP contribution in [0, 0.1) is 0 Å². The molecule has 1 heterocycles. The van der Waals surface area contributed by atoms with Gasteiger partial charge in [0.2, 0.25) is 5.91 Å². The van der Waals surface area contributed by atoms with Crippen LogP contribution < -0.4 is 20.5 Å². The minimum atomic E-state index is 0. The second-order valence-corrected chi connectivity index (χ2v) is 5.92. The number of ether oxygens (including phenoxy) is 2. The maximum absolute atomic E-state index is 11.6. The van der Waals surface area contributed by atoms with Crippen molar-refractivity contribution in [3.63, 3.8) is 0 Å². The Hall–Kier alpha value is -1.11. The topological polar surface area (TPSA) is 73.6 Å². The Balaban J connectivity index is 0.00000242. The van der Waals surface area contributed by atoms with Crippen LogP contribution in [-0.4, -0.2) is 38.0 Å². The second kappa shape index (κ2) is 10.6. The van der Waals surface area contributed by atoms with Crippen LogP contribution in [0.5, 0.6) is 11.5 Å². The molecule has 7 heteroatoms. The van der Waals surface area contributed by atoms with E-state index >= 15 is 0 Å². The van der Waals surface area contributed by atoms with E-state index in [2.05, 4.69) is 5.32 Å². The minimum absolute atomic E-state index is 0. The molecule has 2 rings (SSSR count). The third-order valence-electron chi connectivity index (χ3n) is 3.02. The molecule has 1 aromatic carbocycles. The Morgan fingerprint density at radius 1 is 1.27 bits per heavy atom. The molecule has 0 unspecified atom stereocenters. The van der Waals surface area contributed by atoms with Crippen LogP contribution in [0.15, 0.2) is 23.1 Å². The maximum Gasteiger partial charge on any atom is 0.220 e. The van der Waals surface area contributed by atoms with Crippen molar-refractivity contribution in [2.45, 2.75) is 24.2 Å². The number of nitrogens with two attached hydrogens (primary N) is 1. The molecule has 0 aromatic heterocycles. The van der Waals surface area contributed by atoms with Gasteiger partial charge < -0.3 is 20.5 Å². The number of thioether (sulfide) groups is 1. The largest absolute Gasteiger partial charge is 0.490 e. The molecule has 1 amide bonds. The normalized spacial score (nSPS) is 13.0. The molecule has 1 aliphatic heterocycles. The molecule has 0 fully saturated rings. The van der Waals surface area contributed by atoms with Crippen molar-refractivity contribution in [3.05, 3.63) is 18.2 Å². The summed E-state index contributed by atoms with van der Waals surface area (Å²) in [7, 11) is 0. The first kappa shape index (κ1) is 18.9. The van der Waals surface area contributed by atoms with Gasteiger partial charge in [-0.05, 0) is 31.2 Å². The summed E-state index contributed by atoms with van der Waals surface area (Å²) in [6.07, 6.45) is 2.23. The molecule has 0 saturated carbocycles. The van der Waals surface area contributed by atoms with E-state index in [-0.39, 0.29) is 18.3 Å². The molecule has 0 radical (unpaired) electrons. The molecule has 124 valence electrons. The van der Waals surface area contributed by atoms with E-state index in [1.165, 1.54) is 0 Å². The zero-order chi connectivity index (χ0) is 14.9. The van der Waals surface area contributed by atoms with Crippen LogP contribution in [0.1, 0.15) is 19.3 Å². The van der Waals surface area contributed by atoms with Crippen molar-refractivity contribution >= 4 is 30.1 Å². The van der Waals surface area contributed by atoms with Gasteiger partial charge in [0.1, 0.15) is 0 Å². The van der Waals surface area contributed by atoms with Crippen LogP contribution in [0.25, 0.3) is 0 Å². The molecule has 0 saturated heterocycles. The van der Waals surface area contributed by atoms with Crippen molar-refractivity contribution in [2.24, 2.45) is 5.73 Å². The number of halogens is 1. The zero-order valence-electron chi connectivity index (χ0n) is 12.5. The standard InChI is InChI=1S/C15H22N2O3S.ClH/c16-6-1-7-17-15(18)5-10-21-12-3-4-13-14(11-12)20-9-2-8-19-13;/h3-4,11H,1-2,5-10,16H2,(H,17,18);1H. The number of amides is 1. The van der Waals surface area contributed by atoms with Crippen molar-refractivity contribution in [1.29, 1.82) is 0 Å². The molecule has 22 heavy (non-hydrogen) atoms. The van der Waals surface area contributed by atoms with Crippen molar-refractivity contribution in [1.82, 2.24) is 5.32 Å². The summed E-state index contributed by atoms with van der Waals surface area (Å²) in [5, 5.41) is 2.85. The molecule has 0 bridgehead atoms. The van der Waals surface area contributed by atoms with Crippen molar-refractivity contribution in [2.75, 3.05) is 32.1 Å². The highest BCUT2D eigenvalue weighted by Crippen LogP contribution is 2.33. The van der Waals surface area contributed by atoms with E-state index in [0.717, 1.165) is 35.0 Å². The number of rotatable bonds is 7. The first-order valence-electron chi connectivity index (χ1n) is 7.29. The van der Waals surface area contributed by atoms with Gasteiger partial charge in [-0.2, -0.15) is 0 Å². The van der Waals surface area contributed by atoms with Gasteiger partial charge in [0.25, 0.3) is 0 Å². The van der Waals surface area contributed by atoms with Crippen LogP contribution in [0.2, 0.25) is 0 Å². The Labute approximate surface area is 141 Å². The minimum Gasteiger partial charge on any atom is -0.490 e. The lowest BCUT2D eigenvalue weighted by atomic mass is 10.3. The fourth-order valence-electron chi connectivity index (χ4n) is 1.91. The molecular weight excluding hydrogens is 324 g/mol. The zero-order valence-corrected chi connectivity index (χ0v) is 14.1. The summed E-state index contributed by atoms with van der Waals surface area (Å²) in [6.45, 7) is 2.64. The lowest BCUT2D eigenvalue weighted by molar-refractivity contribution is -0.120. The molecule has 1 aliphatic rings. The molecule has 0 spiro atoms. The predicted molar refractivity (Wildman–Crippen MR) is 91.3 cm³/mol. The molecule has 3 N–H and O–H groups in total. The van der Waals surface area contributed by atoms with Crippen LogP contribution in [0.3, 0.4) is 0 Å². The molecule has 5 nitrogen and oxygen atoms in total. The Morgan fingerprint density at radius 3 is 2.82 bits per heavy atom. The van der Waals surface area contributed by atoms with E-state index in [1.807, 2.05) is 18.2 Å². The summed E-state index contributed by atoms with van der Waals surface area (Å²) in [5.74, 6) is 2.42. The Morgan fingerprint density at radius 2 is 2.05 bits per heavy atom.